The number of carbonyl (C=O) groups excluding carboxylic acids is 2. The average Bonchev–Trinajstić information content (AvgIpc) is 3.31. The van der Waals surface area contributed by atoms with Crippen molar-refractivity contribution in [1.29, 1.82) is 0 Å². The summed E-state index contributed by atoms with van der Waals surface area (Å²) in [5.41, 5.74) is 1.09. The molecular weight excluding hydrogens is 380 g/mol. The second-order valence-electron chi connectivity index (χ2n) is 8.69. The SMILES string of the molecule is COc1cccc(CN2CCNC(=O)C2CC(=O)N2CCN(C3CCCC3)CC2)c1. The second kappa shape index (κ2) is 9.79. The molecular formula is C23H34N4O3. The van der Waals surface area contributed by atoms with E-state index < -0.39 is 6.04 Å². The van der Waals surface area contributed by atoms with Gasteiger partial charge in [0.2, 0.25) is 11.8 Å². The lowest BCUT2D eigenvalue weighted by atomic mass is 10.1. The van der Waals surface area contributed by atoms with Crippen molar-refractivity contribution in [1.82, 2.24) is 20.0 Å². The topological polar surface area (TPSA) is 65.1 Å². The Hall–Kier alpha value is -2.12. The van der Waals surface area contributed by atoms with E-state index in [0.717, 1.165) is 44.0 Å². The Labute approximate surface area is 179 Å². The van der Waals surface area contributed by atoms with Crippen LogP contribution in [0.2, 0.25) is 0 Å². The van der Waals surface area contributed by atoms with Gasteiger partial charge in [-0.3, -0.25) is 19.4 Å². The summed E-state index contributed by atoms with van der Waals surface area (Å²) in [6, 6.07) is 8.21. The van der Waals surface area contributed by atoms with Crippen LogP contribution >= 0.6 is 0 Å². The molecule has 1 aromatic rings. The summed E-state index contributed by atoms with van der Waals surface area (Å²) in [6.07, 6.45) is 5.53. The van der Waals surface area contributed by atoms with Crippen LogP contribution in [0.5, 0.6) is 5.75 Å². The normalized spacial score (nSPS) is 24.1. The number of benzene rings is 1. The summed E-state index contributed by atoms with van der Waals surface area (Å²) in [4.78, 5) is 32.3. The largest absolute Gasteiger partial charge is 0.497 e. The molecule has 7 nitrogen and oxygen atoms in total. The van der Waals surface area contributed by atoms with Crippen LogP contribution in [0.15, 0.2) is 24.3 Å². The quantitative estimate of drug-likeness (QED) is 0.764. The van der Waals surface area contributed by atoms with Crippen molar-refractivity contribution in [3.63, 3.8) is 0 Å². The van der Waals surface area contributed by atoms with Crippen molar-refractivity contribution in [3.05, 3.63) is 29.8 Å². The van der Waals surface area contributed by atoms with Gasteiger partial charge in [-0.15, -0.1) is 0 Å². The Bertz CT molecular complexity index is 742. The molecule has 7 heteroatoms. The average molecular weight is 415 g/mol. The van der Waals surface area contributed by atoms with Gasteiger partial charge in [0.05, 0.1) is 19.6 Å². The third kappa shape index (κ3) is 4.95. The van der Waals surface area contributed by atoms with Gasteiger partial charge in [-0.25, -0.2) is 0 Å². The van der Waals surface area contributed by atoms with Crippen LogP contribution in [0, 0.1) is 0 Å². The number of rotatable bonds is 6. The third-order valence-corrected chi connectivity index (χ3v) is 6.84. The van der Waals surface area contributed by atoms with Crippen LogP contribution < -0.4 is 10.1 Å². The van der Waals surface area contributed by atoms with Crippen molar-refractivity contribution in [2.45, 2.75) is 50.7 Å². The maximum Gasteiger partial charge on any atom is 0.237 e. The van der Waals surface area contributed by atoms with Crippen molar-refractivity contribution in [2.24, 2.45) is 0 Å². The number of carbonyl (C=O) groups is 2. The molecule has 2 saturated heterocycles. The molecule has 164 valence electrons. The number of methoxy groups -OCH3 is 1. The lowest BCUT2D eigenvalue weighted by Gasteiger charge is -2.40. The molecule has 0 bridgehead atoms. The van der Waals surface area contributed by atoms with Crippen LogP contribution in [-0.4, -0.2) is 85.0 Å². The third-order valence-electron chi connectivity index (χ3n) is 6.84. The number of ether oxygens (including phenoxy) is 1. The van der Waals surface area contributed by atoms with Gasteiger partial charge in [-0.1, -0.05) is 25.0 Å². The molecule has 1 N–H and O–H groups in total. The standard InChI is InChI=1S/C23H34N4O3/c1-30-20-8-4-5-18(15-20)17-27-10-9-24-23(29)21(27)16-22(28)26-13-11-25(12-14-26)19-6-2-3-7-19/h4-5,8,15,19,21H,2-3,6-7,9-14,16-17H2,1H3,(H,24,29). The lowest BCUT2D eigenvalue weighted by molar-refractivity contribution is -0.140. The zero-order valence-electron chi connectivity index (χ0n) is 18.0. The first-order valence-corrected chi connectivity index (χ1v) is 11.3. The molecule has 30 heavy (non-hydrogen) atoms. The molecule has 2 heterocycles. The molecule has 1 aliphatic carbocycles. The van der Waals surface area contributed by atoms with E-state index in [0.29, 0.717) is 19.1 Å². The minimum absolute atomic E-state index is 0.0397. The highest BCUT2D eigenvalue weighted by Crippen LogP contribution is 2.25. The Morgan fingerprint density at radius 3 is 2.63 bits per heavy atom. The summed E-state index contributed by atoms with van der Waals surface area (Å²) in [6.45, 7) is 5.47. The highest BCUT2D eigenvalue weighted by atomic mass is 16.5. The number of hydrogen-bond donors (Lipinski definition) is 1. The van der Waals surface area contributed by atoms with E-state index in [1.165, 1.54) is 25.7 Å². The number of nitrogens with zero attached hydrogens (tertiary/aromatic N) is 3. The van der Waals surface area contributed by atoms with E-state index in [1.807, 2.05) is 29.2 Å². The van der Waals surface area contributed by atoms with Crippen LogP contribution in [0.25, 0.3) is 0 Å². The predicted octanol–water partition coefficient (Wildman–Crippen LogP) is 1.47. The Balaban J connectivity index is 1.34. The molecule has 0 radical (unpaired) electrons. The van der Waals surface area contributed by atoms with Gasteiger partial charge in [0, 0.05) is 51.9 Å². The Kier molecular flexibility index (Phi) is 6.89. The fourth-order valence-electron chi connectivity index (χ4n) is 5.08. The summed E-state index contributed by atoms with van der Waals surface area (Å²) in [5.74, 6) is 0.863. The van der Waals surface area contributed by atoms with Gasteiger partial charge in [0.25, 0.3) is 0 Å². The van der Waals surface area contributed by atoms with E-state index in [2.05, 4.69) is 15.1 Å². The van der Waals surface area contributed by atoms with Gasteiger partial charge in [-0.2, -0.15) is 0 Å². The van der Waals surface area contributed by atoms with E-state index in [9.17, 15) is 9.59 Å². The first-order chi connectivity index (χ1) is 14.6. The van der Waals surface area contributed by atoms with Crippen LogP contribution in [-0.2, 0) is 16.1 Å². The molecule has 1 saturated carbocycles. The maximum absolute atomic E-state index is 13.0. The molecule has 2 amide bonds. The van der Waals surface area contributed by atoms with Crippen LogP contribution in [0.3, 0.4) is 0 Å². The molecule has 0 aromatic heterocycles. The highest BCUT2D eigenvalue weighted by Gasteiger charge is 2.34. The Morgan fingerprint density at radius 1 is 1.13 bits per heavy atom. The summed E-state index contributed by atoms with van der Waals surface area (Å²) >= 11 is 0. The minimum atomic E-state index is -0.412. The molecule has 0 spiro atoms. The van der Waals surface area contributed by atoms with Crippen LogP contribution in [0.1, 0.15) is 37.7 Å². The molecule has 1 unspecified atom stereocenters. The lowest BCUT2D eigenvalue weighted by Crippen LogP contribution is -2.57. The smallest absolute Gasteiger partial charge is 0.237 e. The van der Waals surface area contributed by atoms with Crippen molar-refractivity contribution >= 4 is 11.8 Å². The monoisotopic (exact) mass is 414 g/mol. The van der Waals surface area contributed by atoms with E-state index in [4.69, 9.17) is 4.74 Å². The first kappa shape index (κ1) is 21.1. The van der Waals surface area contributed by atoms with Gasteiger partial charge in [-0.05, 0) is 30.5 Å². The number of amides is 2. The highest BCUT2D eigenvalue weighted by molar-refractivity contribution is 5.88. The van der Waals surface area contributed by atoms with Gasteiger partial charge in [0.1, 0.15) is 5.75 Å². The number of hydrogen-bond acceptors (Lipinski definition) is 5. The summed E-state index contributed by atoms with van der Waals surface area (Å²) in [5, 5.41) is 2.94. The van der Waals surface area contributed by atoms with E-state index in [-0.39, 0.29) is 18.2 Å². The van der Waals surface area contributed by atoms with E-state index in [1.54, 1.807) is 7.11 Å². The molecule has 1 aromatic carbocycles. The minimum Gasteiger partial charge on any atom is -0.497 e. The molecule has 3 fully saturated rings. The fourth-order valence-corrected chi connectivity index (χ4v) is 5.08. The predicted molar refractivity (Wildman–Crippen MR) is 115 cm³/mol. The Morgan fingerprint density at radius 2 is 1.90 bits per heavy atom. The van der Waals surface area contributed by atoms with Gasteiger partial charge >= 0.3 is 0 Å². The first-order valence-electron chi connectivity index (χ1n) is 11.3. The zero-order valence-corrected chi connectivity index (χ0v) is 18.0. The summed E-state index contributed by atoms with van der Waals surface area (Å²) < 4.78 is 5.32. The second-order valence-corrected chi connectivity index (χ2v) is 8.69. The number of piperazine rings is 2. The molecule has 4 rings (SSSR count). The van der Waals surface area contributed by atoms with Crippen molar-refractivity contribution < 1.29 is 14.3 Å². The summed E-state index contributed by atoms with van der Waals surface area (Å²) in [7, 11) is 1.65. The maximum atomic E-state index is 13.0. The molecule has 1 atom stereocenters. The molecule has 2 aliphatic heterocycles. The zero-order chi connectivity index (χ0) is 20.9. The van der Waals surface area contributed by atoms with Crippen molar-refractivity contribution in [3.8, 4) is 5.75 Å². The van der Waals surface area contributed by atoms with Gasteiger partial charge in [0.15, 0.2) is 0 Å². The fraction of sp³-hybridized carbons (Fsp3) is 0.652. The van der Waals surface area contributed by atoms with Crippen LogP contribution in [0.4, 0.5) is 0 Å². The van der Waals surface area contributed by atoms with Gasteiger partial charge < -0.3 is 15.0 Å². The van der Waals surface area contributed by atoms with E-state index >= 15 is 0 Å². The number of nitrogens with one attached hydrogen (secondary N) is 1. The molecule has 3 aliphatic rings. The van der Waals surface area contributed by atoms with Crippen molar-refractivity contribution in [2.75, 3.05) is 46.4 Å².